The first-order valence-corrected chi connectivity index (χ1v) is 14.2. The van der Waals surface area contributed by atoms with Gasteiger partial charge in [-0.2, -0.15) is 13.2 Å². The quantitative estimate of drug-likeness (QED) is 0.130. The van der Waals surface area contributed by atoms with Gasteiger partial charge in [0.2, 0.25) is 11.2 Å². The van der Waals surface area contributed by atoms with Crippen LogP contribution in [0.25, 0.3) is 11.0 Å². The lowest BCUT2D eigenvalue weighted by Crippen LogP contribution is -2.16. The van der Waals surface area contributed by atoms with Crippen molar-refractivity contribution < 1.29 is 27.1 Å². The summed E-state index contributed by atoms with van der Waals surface area (Å²) in [6, 6.07) is 10.9. The molecule has 4 aromatic rings. The number of rotatable bonds is 10. The summed E-state index contributed by atoms with van der Waals surface area (Å²) in [5.74, 6) is -2.09. The van der Waals surface area contributed by atoms with Crippen LogP contribution >= 0.6 is 34.8 Å². The molecule has 0 unspecified atom stereocenters. The summed E-state index contributed by atoms with van der Waals surface area (Å²) in [4.78, 5) is 13.5. The molecule has 0 atom stereocenters. The van der Waals surface area contributed by atoms with Gasteiger partial charge in [0.25, 0.3) is 5.76 Å². The standard InChI is InChI=1S/C31H28Cl3F3O4/c1-4-5-6-7-8-19-14-21-26(15-25(19)39-16-22-23(32)9-10-24(33)27(22)34)41-30(31(35,36)37)29(28(21)38)40-20-12-17(2)11-18(3)13-20/h9-15H,4-8,16H2,1-3H3. The smallest absolute Gasteiger partial charge is 0.453 e. The SMILES string of the molecule is CCCCCCc1cc2c(=O)c(Oc3cc(C)cc(C)c3)c(C(F)(F)F)oc2cc1OCc1c(Cl)ccc(Cl)c1Cl. The Morgan fingerprint density at radius 3 is 2.24 bits per heavy atom. The third-order valence-electron chi connectivity index (χ3n) is 6.51. The summed E-state index contributed by atoms with van der Waals surface area (Å²) >= 11 is 18.7. The van der Waals surface area contributed by atoms with Gasteiger partial charge < -0.3 is 13.9 Å². The second-order valence-electron chi connectivity index (χ2n) is 9.89. The lowest BCUT2D eigenvalue weighted by atomic mass is 10.0. The predicted molar refractivity (Wildman–Crippen MR) is 157 cm³/mol. The lowest BCUT2D eigenvalue weighted by Gasteiger charge is -2.17. The van der Waals surface area contributed by atoms with Gasteiger partial charge in [-0.3, -0.25) is 4.79 Å². The summed E-state index contributed by atoms with van der Waals surface area (Å²) in [6.45, 7) is 5.55. The Morgan fingerprint density at radius 1 is 0.902 bits per heavy atom. The van der Waals surface area contributed by atoms with Crippen molar-refractivity contribution in [3.8, 4) is 17.2 Å². The largest absolute Gasteiger partial charge is 0.488 e. The van der Waals surface area contributed by atoms with Crippen LogP contribution in [-0.2, 0) is 19.2 Å². The summed E-state index contributed by atoms with van der Waals surface area (Å²) in [6.07, 6.45) is -0.716. The molecule has 0 amide bonds. The van der Waals surface area contributed by atoms with Crippen LogP contribution in [0.15, 0.2) is 51.7 Å². The number of halogens is 6. The van der Waals surface area contributed by atoms with E-state index in [-0.39, 0.29) is 39.1 Å². The Bertz CT molecular complexity index is 1610. The molecule has 4 rings (SSSR count). The molecule has 0 radical (unpaired) electrons. The van der Waals surface area contributed by atoms with Gasteiger partial charge in [-0.25, -0.2) is 0 Å². The molecule has 0 spiro atoms. The van der Waals surface area contributed by atoms with E-state index in [0.29, 0.717) is 22.6 Å². The van der Waals surface area contributed by atoms with Crippen LogP contribution < -0.4 is 14.9 Å². The second kappa shape index (κ2) is 13.0. The van der Waals surface area contributed by atoms with Crippen molar-refractivity contribution in [2.75, 3.05) is 0 Å². The molecule has 10 heteroatoms. The first-order chi connectivity index (χ1) is 19.4. The van der Waals surface area contributed by atoms with Crippen LogP contribution in [-0.4, -0.2) is 0 Å². The van der Waals surface area contributed by atoms with Gasteiger partial charge >= 0.3 is 6.18 Å². The normalized spacial score (nSPS) is 11.7. The minimum atomic E-state index is -5.00. The van der Waals surface area contributed by atoms with E-state index in [9.17, 15) is 18.0 Å². The van der Waals surface area contributed by atoms with Gasteiger partial charge in [0, 0.05) is 16.7 Å². The third-order valence-corrected chi connectivity index (χ3v) is 7.71. The number of ether oxygens (including phenoxy) is 2. The Kier molecular flexibility index (Phi) is 9.83. The van der Waals surface area contributed by atoms with Crippen molar-refractivity contribution in [2.45, 2.75) is 65.7 Å². The number of alkyl halides is 3. The molecule has 218 valence electrons. The van der Waals surface area contributed by atoms with Crippen molar-refractivity contribution in [3.05, 3.63) is 95.8 Å². The van der Waals surface area contributed by atoms with Crippen LogP contribution in [0.1, 0.15) is 60.6 Å². The maximum atomic E-state index is 14.1. The fraction of sp³-hybridized carbons (Fsp3) is 0.323. The molecular weight excluding hydrogens is 600 g/mol. The monoisotopic (exact) mass is 626 g/mol. The van der Waals surface area contributed by atoms with Crippen molar-refractivity contribution in [2.24, 2.45) is 0 Å². The van der Waals surface area contributed by atoms with Gasteiger partial charge in [-0.05, 0) is 73.7 Å². The Balaban J connectivity index is 1.83. The summed E-state index contributed by atoms with van der Waals surface area (Å²) in [5, 5.41) is 0.770. The molecule has 0 aliphatic rings. The first-order valence-electron chi connectivity index (χ1n) is 13.1. The fourth-order valence-corrected chi connectivity index (χ4v) is 5.22. The predicted octanol–water partition coefficient (Wildman–Crippen LogP) is 10.9. The topological polar surface area (TPSA) is 48.7 Å². The molecule has 0 saturated carbocycles. The molecule has 41 heavy (non-hydrogen) atoms. The lowest BCUT2D eigenvalue weighted by molar-refractivity contribution is -0.154. The number of aryl methyl sites for hydroxylation is 3. The van der Waals surface area contributed by atoms with Gasteiger partial charge in [0.15, 0.2) is 0 Å². The van der Waals surface area contributed by atoms with Crippen molar-refractivity contribution in [3.63, 3.8) is 0 Å². The maximum absolute atomic E-state index is 14.1. The molecule has 0 saturated heterocycles. The molecule has 4 nitrogen and oxygen atoms in total. The number of hydrogen-bond donors (Lipinski definition) is 0. The summed E-state index contributed by atoms with van der Waals surface area (Å²) < 4.78 is 59.3. The maximum Gasteiger partial charge on any atom is 0.453 e. The Labute approximate surface area is 250 Å². The van der Waals surface area contributed by atoms with E-state index in [2.05, 4.69) is 6.92 Å². The van der Waals surface area contributed by atoms with Crippen LogP contribution in [0.5, 0.6) is 17.2 Å². The fourth-order valence-electron chi connectivity index (χ4n) is 4.56. The van der Waals surface area contributed by atoms with Crippen molar-refractivity contribution >= 4 is 45.8 Å². The van der Waals surface area contributed by atoms with Crippen LogP contribution in [0, 0.1) is 13.8 Å². The molecule has 0 aliphatic carbocycles. The molecule has 3 aromatic carbocycles. The minimum absolute atomic E-state index is 0.0472. The number of benzene rings is 3. The molecule has 0 aliphatic heterocycles. The van der Waals surface area contributed by atoms with Gasteiger partial charge in [0.05, 0.1) is 15.4 Å². The van der Waals surface area contributed by atoms with E-state index in [1.54, 1.807) is 38.1 Å². The highest BCUT2D eigenvalue weighted by molar-refractivity contribution is 6.44. The summed E-state index contributed by atoms with van der Waals surface area (Å²) in [7, 11) is 0. The zero-order valence-electron chi connectivity index (χ0n) is 22.7. The molecule has 1 heterocycles. The van der Waals surface area contributed by atoms with E-state index in [4.69, 9.17) is 48.7 Å². The van der Waals surface area contributed by atoms with E-state index >= 15 is 0 Å². The van der Waals surface area contributed by atoms with E-state index in [1.807, 2.05) is 6.07 Å². The van der Waals surface area contributed by atoms with Crippen LogP contribution in [0.2, 0.25) is 15.1 Å². The highest BCUT2D eigenvalue weighted by Crippen LogP contribution is 2.40. The van der Waals surface area contributed by atoms with Crippen molar-refractivity contribution in [1.82, 2.24) is 0 Å². The zero-order chi connectivity index (χ0) is 29.9. The van der Waals surface area contributed by atoms with E-state index in [0.717, 1.165) is 36.8 Å². The second-order valence-corrected chi connectivity index (χ2v) is 11.1. The number of unbranched alkanes of at least 4 members (excludes halogenated alkanes) is 3. The van der Waals surface area contributed by atoms with E-state index in [1.165, 1.54) is 12.1 Å². The minimum Gasteiger partial charge on any atom is -0.488 e. The number of fused-ring (bicyclic) bond motifs is 1. The average Bonchev–Trinajstić information content (AvgIpc) is 2.89. The van der Waals surface area contributed by atoms with Crippen molar-refractivity contribution in [1.29, 1.82) is 0 Å². The first kappa shape index (κ1) is 31.1. The molecule has 0 fully saturated rings. The highest BCUT2D eigenvalue weighted by atomic mass is 35.5. The van der Waals surface area contributed by atoms with Gasteiger partial charge in [0.1, 0.15) is 23.7 Å². The van der Waals surface area contributed by atoms with E-state index < -0.39 is 23.1 Å². The van der Waals surface area contributed by atoms with Crippen LogP contribution in [0.3, 0.4) is 0 Å². The third kappa shape index (κ3) is 7.32. The summed E-state index contributed by atoms with van der Waals surface area (Å²) in [5.41, 5.74) is 1.38. The highest BCUT2D eigenvalue weighted by Gasteiger charge is 2.40. The Hall–Kier alpha value is -2.87. The molecule has 0 N–H and O–H groups in total. The zero-order valence-corrected chi connectivity index (χ0v) is 25.0. The van der Waals surface area contributed by atoms with Crippen LogP contribution in [0.4, 0.5) is 13.2 Å². The molecular formula is C31H28Cl3F3O4. The van der Waals surface area contributed by atoms with Gasteiger partial charge in [-0.15, -0.1) is 0 Å². The Morgan fingerprint density at radius 2 is 1.59 bits per heavy atom. The molecule has 0 bridgehead atoms. The molecule has 1 aromatic heterocycles. The average molecular weight is 628 g/mol. The number of hydrogen-bond acceptors (Lipinski definition) is 4. The van der Waals surface area contributed by atoms with Gasteiger partial charge in [-0.1, -0.05) is 67.1 Å².